The molecule has 0 fully saturated rings. The Balaban J connectivity index is 2.33. The summed E-state index contributed by atoms with van der Waals surface area (Å²) in [4.78, 5) is 2.34. The molecule has 0 aliphatic carbocycles. The van der Waals surface area contributed by atoms with Gasteiger partial charge in [0.1, 0.15) is 5.75 Å². The first-order valence-electron chi connectivity index (χ1n) is 6.59. The lowest BCUT2D eigenvalue weighted by Crippen LogP contribution is -2.33. The Labute approximate surface area is 111 Å². The third-order valence-electron chi connectivity index (χ3n) is 3.31. The summed E-state index contributed by atoms with van der Waals surface area (Å²) in [6, 6.07) is 6.94. The van der Waals surface area contributed by atoms with Crippen LogP contribution in [0.2, 0.25) is 0 Å². The van der Waals surface area contributed by atoms with Gasteiger partial charge in [-0.25, -0.2) is 0 Å². The van der Waals surface area contributed by atoms with Crippen molar-refractivity contribution in [3.8, 4) is 5.75 Å². The Bertz CT molecular complexity index is 364. The molecule has 18 heavy (non-hydrogen) atoms. The molecular formula is C15H26N2O. The van der Waals surface area contributed by atoms with E-state index in [1.807, 2.05) is 6.07 Å². The number of ether oxygens (including phenoxy) is 1. The van der Waals surface area contributed by atoms with E-state index >= 15 is 0 Å². The highest BCUT2D eigenvalue weighted by Gasteiger charge is 2.02. The molecular weight excluding hydrogens is 224 g/mol. The number of nitrogens with one attached hydrogen (secondary N) is 1. The molecule has 0 aliphatic rings. The van der Waals surface area contributed by atoms with Gasteiger partial charge in [0.05, 0.1) is 7.11 Å². The summed E-state index contributed by atoms with van der Waals surface area (Å²) in [6.07, 6.45) is 0. The fourth-order valence-electron chi connectivity index (χ4n) is 1.80. The molecule has 1 aromatic carbocycles. The van der Waals surface area contributed by atoms with Crippen molar-refractivity contribution in [1.29, 1.82) is 0 Å². The summed E-state index contributed by atoms with van der Waals surface area (Å²) in [7, 11) is 3.87. The molecule has 3 nitrogen and oxygen atoms in total. The van der Waals surface area contributed by atoms with Crippen LogP contribution in [0.15, 0.2) is 18.2 Å². The largest absolute Gasteiger partial charge is 0.496 e. The lowest BCUT2D eigenvalue weighted by atomic mass is 10.1. The van der Waals surface area contributed by atoms with Crippen LogP contribution in [-0.4, -0.2) is 38.2 Å². The number of rotatable bonds is 7. The van der Waals surface area contributed by atoms with E-state index in [-0.39, 0.29) is 0 Å². The normalized spacial score (nSPS) is 11.3. The number of aryl methyl sites for hydroxylation is 1. The number of hydrogen-bond donors (Lipinski definition) is 1. The van der Waals surface area contributed by atoms with Crippen LogP contribution in [0.5, 0.6) is 5.75 Å². The van der Waals surface area contributed by atoms with E-state index in [1.165, 1.54) is 11.1 Å². The van der Waals surface area contributed by atoms with Gasteiger partial charge >= 0.3 is 0 Å². The quantitative estimate of drug-likeness (QED) is 0.752. The molecule has 0 spiro atoms. The van der Waals surface area contributed by atoms with Crippen molar-refractivity contribution in [2.45, 2.75) is 33.4 Å². The number of benzene rings is 1. The standard InChI is InChI=1S/C15H26N2O/c1-12(2)17(4)9-8-16-11-14-6-7-15(18-5)13(3)10-14/h6-7,10,12,16H,8-9,11H2,1-5H3. The van der Waals surface area contributed by atoms with Gasteiger partial charge in [0.2, 0.25) is 0 Å². The molecule has 0 heterocycles. The van der Waals surface area contributed by atoms with Crippen molar-refractivity contribution in [2.75, 3.05) is 27.2 Å². The van der Waals surface area contributed by atoms with Crippen LogP contribution in [0.1, 0.15) is 25.0 Å². The Kier molecular flexibility index (Phi) is 6.16. The SMILES string of the molecule is COc1ccc(CNCCN(C)C(C)C)cc1C. The second kappa shape index (κ2) is 7.39. The van der Waals surface area contributed by atoms with Crippen molar-refractivity contribution in [3.05, 3.63) is 29.3 Å². The maximum Gasteiger partial charge on any atom is 0.121 e. The van der Waals surface area contributed by atoms with E-state index in [1.54, 1.807) is 7.11 Å². The molecule has 0 saturated carbocycles. The maximum absolute atomic E-state index is 5.26. The zero-order valence-electron chi connectivity index (χ0n) is 12.3. The van der Waals surface area contributed by atoms with E-state index in [2.05, 4.69) is 50.2 Å². The predicted molar refractivity (Wildman–Crippen MR) is 77.2 cm³/mol. The molecule has 0 bridgehead atoms. The first-order chi connectivity index (χ1) is 8.54. The molecule has 0 saturated heterocycles. The van der Waals surface area contributed by atoms with Gasteiger partial charge in [-0.05, 0) is 45.0 Å². The Morgan fingerprint density at radius 1 is 1.33 bits per heavy atom. The van der Waals surface area contributed by atoms with Gasteiger partial charge in [0, 0.05) is 25.7 Å². The molecule has 0 unspecified atom stereocenters. The highest BCUT2D eigenvalue weighted by Crippen LogP contribution is 2.18. The van der Waals surface area contributed by atoms with Crippen LogP contribution in [0.3, 0.4) is 0 Å². The molecule has 102 valence electrons. The molecule has 1 rings (SSSR count). The van der Waals surface area contributed by atoms with E-state index in [4.69, 9.17) is 4.74 Å². The smallest absolute Gasteiger partial charge is 0.121 e. The van der Waals surface area contributed by atoms with Gasteiger partial charge in [-0.15, -0.1) is 0 Å². The van der Waals surface area contributed by atoms with Gasteiger partial charge in [-0.3, -0.25) is 0 Å². The average molecular weight is 250 g/mol. The van der Waals surface area contributed by atoms with Crippen molar-refractivity contribution in [3.63, 3.8) is 0 Å². The second-order valence-corrected chi connectivity index (χ2v) is 5.06. The molecule has 1 N–H and O–H groups in total. The van der Waals surface area contributed by atoms with Crippen molar-refractivity contribution < 1.29 is 4.74 Å². The van der Waals surface area contributed by atoms with Crippen LogP contribution in [0.4, 0.5) is 0 Å². The molecule has 0 amide bonds. The fourth-order valence-corrected chi connectivity index (χ4v) is 1.80. The highest BCUT2D eigenvalue weighted by molar-refractivity contribution is 5.36. The zero-order chi connectivity index (χ0) is 13.5. The van der Waals surface area contributed by atoms with Crippen LogP contribution in [0.25, 0.3) is 0 Å². The molecule has 0 radical (unpaired) electrons. The maximum atomic E-state index is 5.26. The summed E-state index contributed by atoms with van der Waals surface area (Å²) < 4.78 is 5.26. The lowest BCUT2D eigenvalue weighted by Gasteiger charge is -2.21. The number of likely N-dealkylation sites (N-methyl/N-ethyl adjacent to an activating group) is 1. The van der Waals surface area contributed by atoms with Crippen LogP contribution in [0, 0.1) is 6.92 Å². The molecule has 0 aliphatic heterocycles. The Morgan fingerprint density at radius 3 is 2.61 bits per heavy atom. The highest BCUT2D eigenvalue weighted by atomic mass is 16.5. The third-order valence-corrected chi connectivity index (χ3v) is 3.31. The Morgan fingerprint density at radius 2 is 2.06 bits per heavy atom. The zero-order valence-corrected chi connectivity index (χ0v) is 12.3. The molecule has 1 aromatic rings. The average Bonchev–Trinajstić information content (AvgIpc) is 2.34. The van der Waals surface area contributed by atoms with Gasteiger partial charge < -0.3 is 15.0 Å². The van der Waals surface area contributed by atoms with E-state index in [0.717, 1.165) is 25.4 Å². The monoisotopic (exact) mass is 250 g/mol. The van der Waals surface area contributed by atoms with Gasteiger partial charge in [-0.2, -0.15) is 0 Å². The van der Waals surface area contributed by atoms with Crippen molar-refractivity contribution >= 4 is 0 Å². The number of hydrogen-bond acceptors (Lipinski definition) is 3. The Hall–Kier alpha value is -1.06. The number of methoxy groups -OCH3 is 1. The molecule has 0 aromatic heterocycles. The van der Waals surface area contributed by atoms with E-state index < -0.39 is 0 Å². The molecule has 0 atom stereocenters. The van der Waals surface area contributed by atoms with Crippen LogP contribution in [-0.2, 0) is 6.54 Å². The van der Waals surface area contributed by atoms with Crippen molar-refractivity contribution in [2.24, 2.45) is 0 Å². The number of nitrogens with zero attached hydrogens (tertiary/aromatic N) is 1. The van der Waals surface area contributed by atoms with Crippen LogP contribution >= 0.6 is 0 Å². The minimum absolute atomic E-state index is 0.607. The van der Waals surface area contributed by atoms with E-state index in [9.17, 15) is 0 Å². The van der Waals surface area contributed by atoms with Gasteiger partial charge in [-0.1, -0.05) is 12.1 Å². The predicted octanol–water partition coefficient (Wildman–Crippen LogP) is 2.43. The second-order valence-electron chi connectivity index (χ2n) is 5.06. The summed E-state index contributed by atoms with van der Waals surface area (Å²) in [5, 5.41) is 3.47. The van der Waals surface area contributed by atoms with Crippen LogP contribution < -0.4 is 10.1 Å². The summed E-state index contributed by atoms with van der Waals surface area (Å²) >= 11 is 0. The molecule has 3 heteroatoms. The first kappa shape index (κ1) is 15.0. The van der Waals surface area contributed by atoms with Gasteiger partial charge in [0.15, 0.2) is 0 Å². The summed E-state index contributed by atoms with van der Waals surface area (Å²) in [6.45, 7) is 9.51. The topological polar surface area (TPSA) is 24.5 Å². The minimum Gasteiger partial charge on any atom is -0.496 e. The van der Waals surface area contributed by atoms with Crippen molar-refractivity contribution in [1.82, 2.24) is 10.2 Å². The third kappa shape index (κ3) is 4.67. The summed E-state index contributed by atoms with van der Waals surface area (Å²) in [5.41, 5.74) is 2.50. The lowest BCUT2D eigenvalue weighted by molar-refractivity contribution is 0.273. The minimum atomic E-state index is 0.607. The van der Waals surface area contributed by atoms with E-state index in [0.29, 0.717) is 6.04 Å². The fraction of sp³-hybridized carbons (Fsp3) is 0.600. The summed E-state index contributed by atoms with van der Waals surface area (Å²) in [5.74, 6) is 0.957. The first-order valence-corrected chi connectivity index (χ1v) is 6.59. The van der Waals surface area contributed by atoms with Gasteiger partial charge in [0.25, 0.3) is 0 Å².